The Labute approximate surface area is 174 Å². The highest BCUT2D eigenvalue weighted by Gasteiger charge is 2.47. The van der Waals surface area contributed by atoms with Gasteiger partial charge in [-0.15, -0.1) is 0 Å². The molecule has 2 aliphatic rings. The third-order valence-electron chi connectivity index (χ3n) is 5.72. The molecule has 1 saturated heterocycles. The minimum absolute atomic E-state index is 0.282. The van der Waals surface area contributed by atoms with Crippen LogP contribution in [0.15, 0.2) is 42.6 Å². The number of ether oxygens (including phenoxy) is 2. The van der Waals surface area contributed by atoms with Crippen molar-refractivity contribution in [1.82, 2.24) is 15.2 Å². The lowest BCUT2D eigenvalue weighted by molar-refractivity contribution is -0.0350. The maximum absolute atomic E-state index is 13.6. The number of morpholine rings is 1. The Balaban J connectivity index is 1.54. The number of carbonyl (C=O) groups excluding carboxylic acids is 1. The first kappa shape index (κ1) is 20.7. The second-order valence-corrected chi connectivity index (χ2v) is 7.73. The zero-order valence-electron chi connectivity index (χ0n) is 16.8. The van der Waals surface area contributed by atoms with Crippen molar-refractivity contribution in [3.05, 3.63) is 59.7 Å². The normalized spacial score (nSPS) is 27.0. The highest BCUT2D eigenvalue weighted by Crippen LogP contribution is 2.30. The van der Waals surface area contributed by atoms with E-state index in [1.807, 2.05) is 13.0 Å². The van der Waals surface area contributed by atoms with E-state index in [1.54, 1.807) is 24.4 Å². The number of nitrogens with one attached hydrogen (secondary N) is 1. The Morgan fingerprint density at radius 2 is 2.10 bits per heavy atom. The Kier molecular flexibility index (Phi) is 6.26. The lowest BCUT2D eigenvalue weighted by Crippen LogP contribution is -2.56. The van der Waals surface area contributed by atoms with Gasteiger partial charge in [-0.05, 0) is 30.7 Å². The molecule has 1 aromatic carbocycles. The van der Waals surface area contributed by atoms with Crippen LogP contribution < -0.4 is 10.1 Å². The number of hydrogen-bond donors (Lipinski definition) is 2. The van der Waals surface area contributed by atoms with Crippen molar-refractivity contribution in [2.75, 3.05) is 26.3 Å². The third kappa shape index (κ3) is 4.45. The van der Waals surface area contributed by atoms with E-state index in [0.717, 1.165) is 5.56 Å². The van der Waals surface area contributed by atoms with Gasteiger partial charge in [0.05, 0.1) is 25.3 Å². The average molecular weight is 415 g/mol. The van der Waals surface area contributed by atoms with E-state index in [-0.39, 0.29) is 18.0 Å². The van der Waals surface area contributed by atoms with Gasteiger partial charge < -0.3 is 19.9 Å². The number of aliphatic hydroxyl groups is 1. The number of rotatable bonds is 5. The molecular weight excluding hydrogens is 389 g/mol. The first-order valence-electron chi connectivity index (χ1n) is 10.2. The summed E-state index contributed by atoms with van der Waals surface area (Å²) in [6, 6.07) is 8.79. The molecule has 0 spiro atoms. The molecule has 4 rings (SSSR count). The summed E-state index contributed by atoms with van der Waals surface area (Å²) in [7, 11) is 0. The largest absolute Gasteiger partial charge is 0.487 e. The van der Waals surface area contributed by atoms with Crippen LogP contribution in [-0.4, -0.2) is 71.5 Å². The first-order valence-corrected chi connectivity index (χ1v) is 10.2. The van der Waals surface area contributed by atoms with Crippen LogP contribution in [0.3, 0.4) is 0 Å². The quantitative estimate of drug-likeness (QED) is 0.771. The maximum atomic E-state index is 13.6. The molecule has 30 heavy (non-hydrogen) atoms. The number of aliphatic hydroxyl groups excluding tert-OH is 1. The van der Waals surface area contributed by atoms with Crippen LogP contribution in [0.1, 0.15) is 22.5 Å². The highest BCUT2D eigenvalue weighted by atomic mass is 19.1. The molecule has 8 heteroatoms. The molecule has 2 fully saturated rings. The summed E-state index contributed by atoms with van der Waals surface area (Å²) in [5, 5.41) is 14.1. The van der Waals surface area contributed by atoms with E-state index in [9.17, 15) is 14.3 Å². The van der Waals surface area contributed by atoms with Crippen molar-refractivity contribution in [2.24, 2.45) is 0 Å². The molecule has 1 amide bonds. The molecule has 1 aromatic heterocycles. The summed E-state index contributed by atoms with van der Waals surface area (Å²) >= 11 is 0. The molecule has 2 aromatic rings. The third-order valence-corrected chi connectivity index (χ3v) is 5.72. The van der Waals surface area contributed by atoms with Crippen LogP contribution >= 0.6 is 0 Å². The molecule has 160 valence electrons. The van der Waals surface area contributed by atoms with Crippen molar-refractivity contribution >= 4 is 5.91 Å². The molecule has 1 aliphatic carbocycles. The van der Waals surface area contributed by atoms with Gasteiger partial charge in [0, 0.05) is 31.8 Å². The van der Waals surface area contributed by atoms with Gasteiger partial charge in [0.15, 0.2) is 0 Å². The monoisotopic (exact) mass is 415 g/mol. The number of halogens is 1. The Morgan fingerprint density at radius 3 is 2.83 bits per heavy atom. The van der Waals surface area contributed by atoms with Crippen molar-refractivity contribution in [2.45, 2.75) is 37.6 Å². The number of amides is 1. The van der Waals surface area contributed by atoms with Gasteiger partial charge in [0.2, 0.25) is 0 Å². The Hall–Kier alpha value is -2.55. The van der Waals surface area contributed by atoms with Gasteiger partial charge in [-0.25, -0.2) is 4.39 Å². The van der Waals surface area contributed by atoms with Crippen LogP contribution in [-0.2, 0) is 4.74 Å². The van der Waals surface area contributed by atoms with E-state index < -0.39 is 18.0 Å². The second-order valence-electron chi connectivity index (χ2n) is 7.73. The van der Waals surface area contributed by atoms with Crippen LogP contribution in [0.25, 0.3) is 0 Å². The topological polar surface area (TPSA) is 83.9 Å². The lowest BCUT2D eigenvalue weighted by Gasteiger charge is -2.37. The second kappa shape index (κ2) is 9.07. The fourth-order valence-corrected chi connectivity index (χ4v) is 4.27. The molecule has 1 aliphatic heterocycles. The summed E-state index contributed by atoms with van der Waals surface area (Å²) in [6.45, 7) is 4.28. The fourth-order valence-electron chi connectivity index (χ4n) is 4.27. The van der Waals surface area contributed by atoms with Crippen LogP contribution in [0, 0.1) is 12.7 Å². The minimum atomic E-state index is -0.846. The predicted molar refractivity (Wildman–Crippen MR) is 108 cm³/mol. The van der Waals surface area contributed by atoms with Crippen molar-refractivity contribution in [3.8, 4) is 5.75 Å². The zero-order chi connectivity index (χ0) is 21.1. The van der Waals surface area contributed by atoms with E-state index in [2.05, 4.69) is 15.2 Å². The average Bonchev–Trinajstić information content (AvgIpc) is 3.03. The Morgan fingerprint density at radius 1 is 1.30 bits per heavy atom. The molecule has 4 atom stereocenters. The molecule has 0 bridgehead atoms. The van der Waals surface area contributed by atoms with Crippen LogP contribution in [0.4, 0.5) is 4.39 Å². The number of nitrogens with zero attached hydrogens (tertiary/aromatic N) is 2. The van der Waals surface area contributed by atoms with Gasteiger partial charge in [-0.3, -0.25) is 14.7 Å². The SMILES string of the molecule is Cc1cccnc1C(=O)N[C@@H]1C[C@@H](Oc2cccc(F)c2)[C@H](O)[C@H]1N1CCOCC1. The molecule has 2 N–H and O–H groups in total. The lowest BCUT2D eigenvalue weighted by atomic mass is 10.1. The number of hydrogen-bond acceptors (Lipinski definition) is 6. The number of aryl methyl sites for hydroxylation is 1. The van der Waals surface area contributed by atoms with Crippen LogP contribution in [0.5, 0.6) is 5.75 Å². The molecule has 7 nitrogen and oxygen atoms in total. The number of carbonyl (C=O) groups is 1. The summed E-state index contributed by atoms with van der Waals surface area (Å²) in [5.41, 5.74) is 1.14. The molecular formula is C22H26FN3O4. The van der Waals surface area contributed by atoms with E-state index in [0.29, 0.717) is 44.2 Å². The van der Waals surface area contributed by atoms with E-state index in [4.69, 9.17) is 9.47 Å². The summed E-state index contributed by atoms with van der Waals surface area (Å²) in [4.78, 5) is 19.2. The van der Waals surface area contributed by atoms with Crippen LogP contribution in [0.2, 0.25) is 0 Å². The maximum Gasteiger partial charge on any atom is 0.270 e. The van der Waals surface area contributed by atoms with Gasteiger partial charge in [0.1, 0.15) is 29.5 Å². The number of benzene rings is 1. The molecule has 2 heterocycles. The number of pyridine rings is 1. The number of aromatic nitrogens is 1. The van der Waals surface area contributed by atoms with E-state index >= 15 is 0 Å². The zero-order valence-corrected chi connectivity index (χ0v) is 16.8. The summed E-state index contributed by atoms with van der Waals surface area (Å²) in [5.74, 6) is -0.331. The smallest absolute Gasteiger partial charge is 0.270 e. The van der Waals surface area contributed by atoms with Gasteiger partial charge in [-0.2, -0.15) is 0 Å². The molecule has 1 saturated carbocycles. The Bertz CT molecular complexity index is 890. The molecule has 0 unspecified atom stereocenters. The highest BCUT2D eigenvalue weighted by molar-refractivity contribution is 5.93. The van der Waals surface area contributed by atoms with Gasteiger partial charge >= 0.3 is 0 Å². The predicted octanol–water partition coefficient (Wildman–Crippen LogP) is 1.54. The standard InChI is InChI=1S/C22H26FN3O4/c1-14-4-3-7-24-19(14)22(28)25-17-13-18(30-16-6-2-5-15(23)12-16)21(27)20(17)26-8-10-29-11-9-26/h2-7,12,17-18,20-21,27H,8-11,13H2,1H3,(H,25,28)/t17-,18-,20+,21+/m1/s1. The van der Waals surface area contributed by atoms with Gasteiger partial charge in [0.25, 0.3) is 5.91 Å². The van der Waals surface area contributed by atoms with Crippen molar-refractivity contribution in [1.29, 1.82) is 0 Å². The summed E-state index contributed by atoms with van der Waals surface area (Å²) < 4.78 is 24.9. The first-order chi connectivity index (χ1) is 14.5. The van der Waals surface area contributed by atoms with Crippen molar-refractivity contribution in [3.63, 3.8) is 0 Å². The fraction of sp³-hybridized carbons (Fsp3) is 0.455. The van der Waals surface area contributed by atoms with E-state index in [1.165, 1.54) is 12.1 Å². The minimum Gasteiger partial charge on any atom is -0.487 e. The van der Waals surface area contributed by atoms with Crippen molar-refractivity contribution < 1.29 is 23.8 Å². The molecule has 0 radical (unpaired) electrons. The summed E-state index contributed by atoms with van der Waals surface area (Å²) in [6.07, 6.45) is 0.564. The van der Waals surface area contributed by atoms with Gasteiger partial charge in [-0.1, -0.05) is 12.1 Å².